The van der Waals surface area contributed by atoms with E-state index < -0.39 is 0 Å². The van der Waals surface area contributed by atoms with E-state index in [0.29, 0.717) is 13.0 Å². The molecule has 0 saturated heterocycles. The first-order valence-corrected chi connectivity index (χ1v) is 8.33. The Morgan fingerprint density at radius 2 is 1.48 bits per heavy atom. The topological polar surface area (TPSA) is 54.0 Å². The van der Waals surface area contributed by atoms with Gasteiger partial charge in [0.1, 0.15) is 0 Å². The third-order valence-electron chi connectivity index (χ3n) is 3.94. The van der Waals surface area contributed by atoms with Crippen LogP contribution in [0.1, 0.15) is 11.1 Å². The van der Waals surface area contributed by atoms with Crippen molar-refractivity contribution in [1.29, 1.82) is 0 Å². The van der Waals surface area contributed by atoms with Crippen molar-refractivity contribution in [3.05, 3.63) is 96.3 Å². The number of anilines is 1. The first-order valence-electron chi connectivity index (χ1n) is 8.33. The molecular formula is C21H21N3O. The van der Waals surface area contributed by atoms with Crippen molar-refractivity contribution >= 4 is 11.6 Å². The molecule has 0 spiro atoms. The molecule has 0 fully saturated rings. The van der Waals surface area contributed by atoms with Gasteiger partial charge in [-0.1, -0.05) is 48.5 Å². The van der Waals surface area contributed by atoms with Crippen LogP contribution in [-0.2, 0) is 17.8 Å². The third-order valence-corrected chi connectivity index (χ3v) is 3.94. The Morgan fingerprint density at radius 3 is 2.16 bits per heavy atom. The summed E-state index contributed by atoms with van der Waals surface area (Å²) in [6.45, 7) is 0.613. The van der Waals surface area contributed by atoms with Crippen molar-refractivity contribution < 1.29 is 4.79 Å². The number of para-hydroxylation sites is 1. The number of hydrogen-bond donors (Lipinski definition) is 2. The predicted octanol–water partition coefficient (Wildman–Crippen LogP) is 3.42. The van der Waals surface area contributed by atoms with Gasteiger partial charge >= 0.3 is 0 Å². The molecule has 1 aromatic heterocycles. The summed E-state index contributed by atoms with van der Waals surface area (Å²) in [4.78, 5) is 16.8. The van der Waals surface area contributed by atoms with Crippen LogP contribution in [-0.4, -0.2) is 16.9 Å². The lowest BCUT2D eigenvalue weighted by molar-refractivity contribution is -0.118. The predicted molar refractivity (Wildman–Crippen MR) is 100 cm³/mol. The second kappa shape index (κ2) is 8.76. The zero-order chi connectivity index (χ0) is 17.3. The molecule has 0 aliphatic heterocycles. The Morgan fingerprint density at radius 1 is 0.840 bits per heavy atom. The van der Waals surface area contributed by atoms with Gasteiger partial charge in [0.25, 0.3) is 0 Å². The molecule has 3 aromatic rings. The van der Waals surface area contributed by atoms with Crippen LogP contribution < -0.4 is 10.6 Å². The van der Waals surface area contributed by atoms with Gasteiger partial charge in [0, 0.05) is 24.6 Å². The number of benzene rings is 2. The third kappa shape index (κ3) is 5.26. The lowest BCUT2D eigenvalue weighted by Gasteiger charge is -2.19. The Kier molecular flexibility index (Phi) is 5.91. The van der Waals surface area contributed by atoms with E-state index in [2.05, 4.69) is 15.6 Å². The molecule has 1 heterocycles. The molecule has 126 valence electrons. The van der Waals surface area contributed by atoms with Crippen LogP contribution in [0.3, 0.4) is 0 Å². The van der Waals surface area contributed by atoms with Crippen LogP contribution in [0.4, 0.5) is 5.69 Å². The van der Waals surface area contributed by atoms with E-state index in [9.17, 15) is 4.79 Å². The fourth-order valence-electron chi connectivity index (χ4n) is 2.60. The standard InChI is InChI=1S/C21H21N3O/c25-21(24-19-9-5-2-6-10-19)20(15-17-7-3-1-4-8-17)23-16-18-11-13-22-14-12-18/h1-14,20,23H,15-16H2,(H,24,25)/t20-/m0/s1. The fraction of sp³-hybridized carbons (Fsp3) is 0.143. The average Bonchev–Trinajstić information content (AvgIpc) is 2.67. The van der Waals surface area contributed by atoms with Crippen LogP contribution in [0.2, 0.25) is 0 Å². The van der Waals surface area contributed by atoms with Gasteiger partial charge in [-0.3, -0.25) is 9.78 Å². The number of amides is 1. The van der Waals surface area contributed by atoms with Gasteiger partial charge in [0.2, 0.25) is 5.91 Å². The summed E-state index contributed by atoms with van der Waals surface area (Å²) in [5, 5.41) is 6.35. The molecule has 0 unspecified atom stereocenters. The maximum atomic E-state index is 12.8. The Labute approximate surface area is 147 Å². The monoisotopic (exact) mass is 331 g/mol. The highest BCUT2D eigenvalue weighted by Gasteiger charge is 2.18. The minimum absolute atomic E-state index is 0.0379. The van der Waals surface area contributed by atoms with Crippen LogP contribution in [0.5, 0.6) is 0 Å². The molecule has 1 atom stereocenters. The Bertz CT molecular complexity index is 776. The number of hydrogen-bond acceptors (Lipinski definition) is 3. The quantitative estimate of drug-likeness (QED) is 0.697. The van der Waals surface area contributed by atoms with E-state index in [-0.39, 0.29) is 11.9 Å². The van der Waals surface area contributed by atoms with E-state index in [4.69, 9.17) is 0 Å². The van der Waals surface area contributed by atoms with Crippen LogP contribution in [0, 0.1) is 0 Å². The molecule has 1 amide bonds. The van der Waals surface area contributed by atoms with Crippen molar-refractivity contribution in [2.45, 2.75) is 19.0 Å². The molecule has 4 heteroatoms. The van der Waals surface area contributed by atoms with E-state index in [1.807, 2.05) is 72.8 Å². The molecule has 2 N–H and O–H groups in total. The van der Waals surface area contributed by atoms with Crippen molar-refractivity contribution in [2.75, 3.05) is 5.32 Å². The first-order chi connectivity index (χ1) is 12.3. The molecule has 25 heavy (non-hydrogen) atoms. The number of nitrogens with one attached hydrogen (secondary N) is 2. The van der Waals surface area contributed by atoms with E-state index in [1.54, 1.807) is 12.4 Å². The molecule has 2 aromatic carbocycles. The maximum Gasteiger partial charge on any atom is 0.241 e. The van der Waals surface area contributed by atoms with Crippen LogP contribution >= 0.6 is 0 Å². The Hall–Kier alpha value is -2.98. The summed E-state index contributed by atoms with van der Waals surface area (Å²) in [5.74, 6) is -0.0379. The zero-order valence-corrected chi connectivity index (χ0v) is 13.9. The molecule has 0 radical (unpaired) electrons. The molecule has 0 aliphatic rings. The highest BCUT2D eigenvalue weighted by Crippen LogP contribution is 2.09. The van der Waals surface area contributed by atoms with E-state index in [1.165, 1.54) is 0 Å². The number of nitrogens with zero attached hydrogens (tertiary/aromatic N) is 1. The largest absolute Gasteiger partial charge is 0.325 e. The van der Waals surface area contributed by atoms with Gasteiger partial charge in [-0.05, 0) is 41.8 Å². The lowest BCUT2D eigenvalue weighted by atomic mass is 10.0. The number of rotatable bonds is 7. The average molecular weight is 331 g/mol. The highest BCUT2D eigenvalue weighted by atomic mass is 16.2. The van der Waals surface area contributed by atoms with Gasteiger partial charge in [-0.2, -0.15) is 0 Å². The minimum atomic E-state index is -0.323. The smallest absolute Gasteiger partial charge is 0.241 e. The minimum Gasteiger partial charge on any atom is -0.325 e. The van der Waals surface area contributed by atoms with Crippen LogP contribution in [0.25, 0.3) is 0 Å². The van der Waals surface area contributed by atoms with E-state index >= 15 is 0 Å². The van der Waals surface area contributed by atoms with Gasteiger partial charge in [0.15, 0.2) is 0 Å². The number of carbonyl (C=O) groups is 1. The zero-order valence-electron chi connectivity index (χ0n) is 13.9. The normalized spacial score (nSPS) is 11.7. The summed E-state index contributed by atoms with van der Waals surface area (Å²) in [7, 11) is 0. The maximum absolute atomic E-state index is 12.8. The van der Waals surface area contributed by atoms with Gasteiger partial charge in [-0.25, -0.2) is 0 Å². The first kappa shape index (κ1) is 16.9. The van der Waals surface area contributed by atoms with Gasteiger partial charge in [0.05, 0.1) is 6.04 Å². The van der Waals surface area contributed by atoms with Crippen molar-refractivity contribution in [3.63, 3.8) is 0 Å². The second-order valence-corrected chi connectivity index (χ2v) is 5.83. The van der Waals surface area contributed by atoms with Crippen molar-refractivity contribution in [1.82, 2.24) is 10.3 Å². The Balaban J connectivity index is 1.70. The number of aromatic nitrogens is 1. The second-order valence-electron chi connectivity index (χ2n) is 5.83. The molecule has 3 rings (SSSR count). The molecule has 0 bridgehead atoms. The van der Waals surface area contributed by atoms with Crippen molar-refractivity contribution in [3.8, 4) is 0 Å². The molecular weight excluding hydrogens is 310 g/mol. The van der Waals surface area contributed by atoms with Crippen LogP contribution in [0.15, 0.2) is 85.2 Å². The molecule has 0 aliphatic carbocycles. The van der Waals surface area contributed by atoms with Crippen molar-refractivity contribution in [2.24, 2.45) is 0 Å². The number of carbonyl (C=O) groups excluding carboxylic acids is 1. The molecule has 4 nitrogen and oxygen atoms in total. The molecule has 0 saturated carbocycles. The summed E-state index contributed by atoms with van der Waals surface area (Å²) >= 11 is 0. The summed E-state index contributed by atoms with van der Waals surface area (Å²) in [5.41, 5.74) is 3.02. The van der Waals surface area contributed by atoms with E-state index in [0.717, 1.165) is 16.8 Å². The lowest BCUT2D eigenvalue weighted by Crippen LogP contribution is -2.41. The summed E-state index contributed by atoms with van der Waals surface area (Å²) < 4.78 is 0. The SMILES string of the molecule is O=C(Nc1ccccc1)[C@H](Cc1ccccc1)NCc1ccncc1. The van der Waals surface area contributed by atoms with Gasteiger partial charge in [-0.15, -0.1) is 0 Å². The fourth-order valence-corrected chi connectivity index (χ4v) is 2.60. The summed E-state index contributed by atoms with van der Waals surface area (Å²) in [6, 6.07) is 23.1. The summed E-state index contributed by atoms with van der Waals surface area (Å²) in [6.07, 6.45) is 4.14. The van der Waals surface area contributed by atoms with Gasteiger partial charge < -0.3 is 10.6 Å². The highest BCUT2D eigenvalue weighted by molar-refractivity contribution is 5.95. The number of pyridine rings is 1.